The summed E-state index contributed by atoms with van der Waals surface area (Å²) in [6.07, 6.45) is 8.09. The number of carbonyl (C=O) groups excluding carboxylic acids is 2. The summed E-state index contributed by atoms with van der Waals surface area (Å²) in [6.45, 7) is 1.82. The molecule has 0 bridgehead atoms. The number of hydrogen-bond donors (Lipinski definition) is 2. The SMILES string of the molecule is CONC(=O)CCCCn1nncc1/C=C1\CN(C(C(=O)C2CC2)c2ccccc2F)CCC1S.Cl. The average Bonchev–Trinajstić information content (AvgIpc) is 3.61. The molecule has 1 saturated heterocycles. The quantitative estimate of drug-likeness (QED) is 0.257. The molecule has 2 atom stereocenters. The van der Waals surface area contributed by atoms with Gasteiger partial charge >= 0.3 is 0 Å². The Balaban J connectivity index is 0.00000361. The van der Waals surface area contributed by atoms with Crippen molar-refractivity contribution in [3.63, 3.8) is 0 Å². The Kier molecular flexibility index (Phi) is 10.5. The van der Waals surface area contributed by atoms with E-state index in [9.17, 15) is 14.0 Å². The first kappa shape index (κ1) is 28.3. The minimum atomic E-state index is -0.589. The molecule has 1 N–H and O–H groups in total. The highest BCUT2D eigenvalue weighted by molar-refractivity contribution is 7.81. The fourth-order valence-electron chi connectivity index (χ4n) is 4.53. The van der Waals surface area contributed by atoms with E-state index in [0.29, 0.717) is 38.0 Å². The zero-order chi connectivity index (χ0) is 24.8. The van der Waals surface area contributed by atoms with Gasteiger partial charge in [0.2, 0.25) is 5.91 Å². The Hall–Kier alpha value is -2.27. The summed E-state index contributed by atoms with van der Waals surface area (Å²) < 4.78 is 16.6. The monoisotopic (exact) mass is 537 g/mol. The van der Waals surface area contributed by atoms with Crippen LogP contribution in [0.3, 0.4) is 0 Å². The molecule has 0 radical (unpaired) electrons. The van der Waals surface area contributed by atoms with Crippen molar-refractivity contribution in [3.8, 4) is 0 Å². The van der Waals surface area contributed by atoms with Gasteiger partial charge < -0.3 is 0 Å². The lowest BCUT2D eigenvalue weighted by atomic mass is 9.93. The molecule has 4 rings (SSSR count). The summed E-state index contributed by atoms with van der Waals surface area (Å²) in [6, 6.07) is 6.00. The van der Waals surface area contributed by atoms with Crippen LogP contribution in [-0.2, 0) is 21.0 Å². The maximum atomic E-state index is 14.8. The van der Waals surface area contributed by atoms with Crippen LogP contribution in [0.15, 0.2) is 36.0 Å². The molecule has 1 aliphatic heterocycles. The Morgan fingerprint density at radius 3 is 2.78 bits per heavy atom. The number of nitrogens with one attached hydrogen (secondary N) is 1. The van der Waals surface area contributed by atoms with Crippen LogP contribution in [0, 0.1) is 11.7 Å². The predicted molar refractivity (Wildman–Crippen MR) is 140 cm³/mol. The number of likely N-dealkylation sites (tertiary alicyclic amines) is 1. The molecule has 11 heteroatoms. The van der Waals surface area contributed by atoms with Crippen LogP contribution < -0.4 is 5.48 Å². The number of hydrogen-bond acceptors (Lipinski definition) is 7. The number of aryl methyl sites for hydroxylation is 1. The molecule has 36 heavy (non-hydrogen) atoms. The van der Waals surface area contributed by atoms with Crippen molar-refractivity contribution < 1.29 is 18.8 Å². The number of aromatic nitrogens is 3. The first-order valence-electron chi connectivity index (χ1n) is 12.1. The molecule has 2 aliphatic rings. The molecule has 8 nitrogen and oxygen atoms in total. The van der Waals surface area contributed by atoms with E-state index in [1.165, 1.54) is 13.2 Å². The number of amides is 1. The fraction of sp³-hybridized carbons (Fsp3) is 0.520. The lowest BCUT2D eigenvalue weighted by Gasteiger charge is -2.37. The Bertz CT molecular complexity index is 1080. The van der Waals surface area contributed by atoms with Gasteiger partial charge in [-0.2, -0.15) is 12.6 Å². The Morgan fingerprint density at radius 2 is 2.06 bits per heavy atom. The third-order valence-corrected chi connectivity index (χ3v) is 7.13. The van der Waals surface area contributed by atoms with E-state index in [-0.39, 0.29) is 41.1 Å². The van der Waals surface area contributed by atoms with Gasteiger partial charge in [0, 0.05) is 42.8 Å². The van der Waals surface area contributed by atoms with Gasteiger partial charge in [-0.3, -0.25) is 19.3 Å². The predicted octanol–water partition coefficient (Wildman–Crippen LogP) is 3.79. The van der Waals surface area contributed by atoms with Gasteiger partial charge in [-0.05, 0) is 49.8 Å². The van der Waals surface area contributed by atoms with Crippen molar-refractivity contribution in [2.24, 2.45) is 5.92 Å². The summed E-state index contributed by atoms with van der Waals surface area (Å²) in [5.41, 5.74) is 4.66. The van der Waals surface area contributed by atoms with E-state index >= 15 is 0 Å². The number of thiol groups is 1. The molecule has 1 aromatic heterocycles. The number of rotatable bonds is 11. The van der Waals surface area contributed by atoms with Crippen LogP contribution >= 0.6 is 25.0 Å². The lowest BCUT2D eigenvalue weighted by Crippen LogP contribution is -2.42. The number of carbonyl (C=O) groups is 2. The van der Waals surface area contributed by atoms with Gasteiger partial charge in [0.05, 0.1) is 25.0 Å². The van der Waals surface area contributed by atoms with Gasteiger partial charge in [-0.15, -0.1) is 17.5 Å². The zero-order valence-corrected chi connectivity index (χ0v) is 22.0. The van der Waals surface area contributed by atoms with Gasteiger partial charge in [0.1, 0.15) is 5.82 Å². The number of hydroxylamine groups is 1. The molecule has 1 amide bonds. The fourth-order valence-corrected chi connectivity index (χ4v) is 4.80. The van der Waals surface area contributed by atoms with Gasteiger partial charge in [0.15, 0.2) is 5.78 Å². The van der Waals surface area contributed by atoms with Crippen LogP contribution in [0.5, 0.6) is 0 Å². The molecule has 2 heterocycles. The smallest absolute Gasteiger partial charge is 0.243 e. The summed E-state index contributed by atoms with van der Waals surface area (Å²) in [5.74, 6) is -0.362. The number of unbranched alkanes of at least 4 members (excludes halogenated alkanes) is 1. The highest BCUT2D eigenvalue weighted by atomic mass is 35.5. The molecule has 0 spiro atoms. The largest absolute Gasteiger partial charge is 0.297 e. The summed E-state index contributed by atoms with van der Waals surface area (Å²) in [4.78, 5) is 31.5. The standard InChI is InChI=1S/C25H32FN5O3S.ClH/c1-34-28-23(32)8-4-5-12-31-19(15-27-29-31)14-18-16-30(13-11-22(18)35)24(25(33)17-9-10-17)20-6-2-3-7-21(20)26;/h2-3,6-7,14-15,17,22,24,35H,4-5,8-13,16H2,1H3,(H,28,32);1H/b18-14+;. The summed E-state index contributed by atoms with van der Waals surface area (Å²) in [5, 5.41) is 8.28. The van der Waals surface area contributed by atoms with E-state index in [1.807, 2.05) is 10.8 Å². The molecular formula is C25H33ClFN5O3S. The molecular weight excluding hydrogens is 505 g/mol. The molecule has 2 fully saturated rings. The highest BCUT2D eigenvalue weighted by Crippen LogP contribution is 2.39. The zero-order valence-electron chi connectivity index (χ0n) is 20.3. The number of ketones is 1. The van der Waals surface area contributed by atoms with Crippen molar-refractivity contribution in [3.05, 3.63) is 53.1 Å². The second kappa shape index (κ2) is 13.3. The normalized spacial score (nSPS) is 20.1. The highest BCUT2D eigenvalue weighted by Gasteiger charge is 2.40. The maximum absolute atomic E-state index is 14.8. The van der Waals surface area contributed by atoms with E-state index in [4.69, 9.17) is 12.6 Å². The molecule has 1 aliphatic carbocycles. The Morgan fingerprint density at radius 1 is 1.28 bits per heavy atom. The van der Waals surface area contributed by atoms with Gasteiger partial charge in [0.25, 0.3) is 0 Å². The van der Waals surface area contributed by atoms with Crippen LogP contribution in [0.2, 0.25) is 0 Å². The van der Waals surface area contributed by atoms with E-state index in [1.54, 1.807) is 24.4 Å². The first-order chi connectivity index (χ1) is 17.0. The number of benzene rings is 1. The number of nitrogens with zero attached hydrogens (tertiary/aromatic N) is 4. The van der Waals surface area contributed by atoms with Crippen molar-refractivity contribution >= 4 is 42.8 Å². The van der Waals surface area contributed by atoms with Crippen LogP contribution in [-0.4, -0.2) is 57.0 Å². The topological polar surface area (TPSA) is 89.3 Å². The number of Topliss-reactive ketones (excluding diaryl/α,β-unsaturated/α-hetero) is 1. The van der Waals surface area contributed by atoms with Crippen molar-refractivity contribution in [2.75, 3.05) is 20.2 Å². The third kappa shape index (κ3) is 7.15. The van der Waals surface area contributed by atoms with E-state index in [2.05, 4.69) is 25.5 Å². The van der Waals surface area contributed by atoms with E-state index < -0.39 is 6.04 Å². The van der Waals surface area contributed by atoms with Crippen molar-refractivity contribution in [1.29, 1.82) is 0 Å². The van der Waals surface area contributed by atoms with Gasteiger partial charge in [-0.1, -0.05) is 23.4 Å². The first-order valence-corrected chi connectivity index (χ1v) is 12.6. The molecule has 2 unspecified atom stereocenters. The van der Waals surface area contributed by atoms with Crippen molar-refractivity contribution in [1.82, 2.24) is 25.4 Å². The van der Waals surface area contributed by atoms with Crippen LogP contribution in [0.1, 0.15) is 55.8 Å². The molecule has 196 valence electrons. The Labute approximate surface area is 222 Å². The minimum Gasteiger partial charge on any atom is -0.297 e. The summed E-state index contributed by atoms with van der Waals surface area (Å²) in [7, 11) is 1.41. The molecule has 1 saturated carbocycles. The maximum Gasteiger partial charge on any atom is 0.243 e. The van der Waals surface area contributed by atoms with Gasteiger partial charge in [-0.25, -0.2) is 14.6 Å². The lowest BCUT2D eigenvalue weighted by molar-refractivity contribution is -0.131. The summed E-state index contributed by atoms with van der Waals surface area (Å²) >= 11 is 4.79. The van der Waals surface area contributed by atoms with Crippen molar-refractivity contribution in [2.45, 2.75) is 56.4 Å². The number of halogens is 2. The van der Waals surface area contributed by atoms with Crippen LogP contribution in [0.25, 0.3) is 6.08 Å². The second-order valence-corrected chi connectivity index (χ2v) is 9.79. The third-order valence-electron chi connectivity index (χ3n) is 6.54. The molecule has 2 aromatic rings. The van der Waals surface area contributed by atoms with E-state index in [0.717, 1.165) is 37.0 Å². The average molecular weight is 538 g/mol. The van der Waals surface area contributed by atoms with Crippen LogP contribution in [0.4, 0.5) is 4.39 Å². The number of piperidine rings is 1. The molecule has 1 aromatic carbocycles. The second-order valence-electron chi connectivity index (χ2n) is 9.16. The minimum absolute atomic E-state index is 0.